The monoisotopic (exact) mass is 452 g/mol. The number of carbonyl (C=O) groups excluding carboxylic acids is 2. The van der Waals surface area contributed by atoms with Crippen LogP contribution < -0.4 is 14.8 Å². The van der Waals surface area contributed by atoms with Crippen LogP contribution in [0, 0.1) is 0 Å². The van der Waals surface area contributed by atoms with Gasteiger partial charge in [0.05, 0.1) is 17.2 Å². The second-order valence-electron chi connectivity index (χ2n) is 7.05. The molecule has 0 radical (unpaired) electrons. The molecule has 30 heavy (non-hydrogen) atoms. The summed E-state index contributed by atoms with van der Waals surface area (Å²) in [4.78, 5) is 27.0. The van der Waals surface area contributed by atoms with Gasteiger partial charge in [0.15, 0.2) is 18.1 Å². The van der Waals surface area contributed by atoms with Crippen molar-refractivity contribution in [3.8, 4) is 11.5 Å². The highest BCUT2D eigenvalue weighted by Crippen LogP contribution is 2.26. The Kier molecular flexibility index (Phi) is 8.81. The Morgan fingerprint density at radius 1 is 1.03 bits per heavy atom. The molecule has 0 heterocycles. The summed E-state index contributed by atoms with van der Waals surface area (Å²) in [5.41, 5.74) is 0.749. The summed E-state index contributed by atoms with van der Waals surface area (Å²) in [5.74, 6) is 0.364. The summed E-state index contributed by atoms with van der Waals surface area (Å²) in [5, 5.41) is 3.64. The van der Waals surface area contributed by atoms with Crippen LogP contribution >= 0.6 is 23.2 Å². The fraction of sp³-hybridized carbons (Fsp3) is 0.364. The third-order valence-corrected chi connectivity index (χ3v) is 5.09. The summed E-state index contributed by atoms with van der Waals surface area (Å²) >= 11 is 12.1. The predicted molar refractivity (Wildman–Crippen MR) is 118 cm³/mol. The second kappa shape index (κ2) is 11.1. The van der Waals surface area contributed by atoms with Gasteiger partial charge in [0, 0.05) is 12.6 Å². The van der Waals surface area contributed by atoms with Crippen molar-refractivity contribution in [2.45, 2.75) is 39.4 Å². The van der Waals surface area contributed by atoms with Crippen LogP contribution in [0.25, 0.3) is 0 Å². The van der Waals surface area contributed by atoms with E-state index in [0.29, 0.717) is 21.5 Å². The molecule has 162 valence electrons. The highest BCUT2D eigenvalue weighted by atomic mass is 35.5. The molecule has 0 saturated carbocycles. The van der Waals surface area contributed by atoms with E-state index < -0.39 is 6.04 Å². The summed E-state index contributed by atoms with van der Waals surface area (Å²) in [6, 6.07) is 11.4. The van der Waals surface area contributed by atoms with Crippen LogP contribution in [0.5, 0.6) is 11.5 Å². The molecule has 0 aromatic heterocycles. The van der Waals surface area contributed by atoms with Crippen LogP contribution in [0.2, 0.25) is 10.0 Å². The van der Waals surface area contributed by atoms with E-state index in [1.165, 1.54) is 12.0 Å². The zero-order chi connectivity index (χ0) is 22.3. The zero-order valence-electron chi connectivity index (χ0n) is 17.4. The van der Waals surface area contributed by atoms with E-state index in [9.17, 15) is 9.59 Å². The van der Waals surface area contributed by atoms with Crippen LogP contribution in [0.1, 0.15) is 26.3 Å². The zero-order valence-corrected chi connectivity index (χ0v) is 19.0. The molecule has 0 aliphatic rings. The maximum Gasteiger partial charge on any atom is 0.261 e. The van der Waals surface area contributed by atoms with Crippen molar-refractivity contribution in [1.29, 1.82) is 0 Å². The standard InChI is InChI=1S/C22H26Cl2N2O4/c1-14(2)25-22(28)15(3)26(12-16-9-10-17(23)18(24)11-16)21(27)13-30-20-8-6-5-7-19(20)29-4/h5-11,14-15H,12-13H2,1-4H3,(H,25,28). The summed E-state index contributed by atoms with van der Waals surface area (Å²) in [7, 11) is 1.53. The smallest absolute Gasteiger partial charge is 0.261 e. The molecule has 0 spiro atoms. The number of nitrogens with one attached hydrogen (secondary N) is 1. The lowest BCUT2D eigenvalue weighted by atomic mass is 10.1. The first-order valence-electron chi connectivity index (χ1n) is 9.52. The van der Waals surface area contributed by atoms with Crippen LogP contribution in [0.4, 0.5) is 0 Å². The molecule has 0 bridgehead atoms. The van der Waals surface area contributed by atoms with Gasteiger partial charge in [-0.3, -0.25) is 9.59 Å². The SMILES string of the molecule is COc1ccccc1OCC(=O)N(Cc1ccc(Cl)c(Cl)c1)C(C)C(=O)NC(C)C. The molecular formula is C22H26Cl2N2O4. The van der Waals surface area contributed by atoms with E-state index in [1.54, 1.807) is 43.3 Å². The summed E-state index contributed by atoms with van der Waals surface area (Å²) in [6.45, 7) is 5.33. The molecule has 2 rings (SSSR count). The van der Waals surface area contributed by atoms with Gasteiger partial charge < -0.3 is 19.7 Å². The van der Waals surface area contributed by atoms with Gasteiger partial charge in [-0.1, -0.05) is 41.4 Å². The van der Waals surface area contributed by atoms with Gasteiger partial charge in [-0.25, -0.2) is 0 Å². The molecule has 0 fully saturated rings. The van der Waals surface area contributed by atoms with Crippen LogP contribution in [-0.2, 0) is 16.1 Å². The van der Waals surface area contributed by atoms with Crippen molar-refractivity contribution in [2.75, 3.05) is 13.7 Å². The van der Waals surface area contributed by atoms with Gasteiger partial charge in [0.1, 0.15) is 6.04 Å². The molecule has 0 saturated heterocycles. The van der Waals surface area contributed by atoms with Gasteiger partial charge in [0.2, 0.25) is 5.91 Å². The first kappa shape index (κ1) is 23.8. The lowest BCUT2D eigenvalue weighted by Crippen LogP contribution is -2.50. The van der Waals surface area contributed by atoms with Gasteiger partial charge in [-0.2, -0.15) is 0 Å². The molecule has 0 aliphatic heterocycles. The number of rotatable bonds is 9. The number of ether oxygens (including phenoxy) is 2. The van der Waals surface area contributed by atoms with Gasteiger partial charge in [0.25, 0.3) is 5.91 Å². The highest BCUT2D eigenvalue weighted by molar-refractivity contribution is 6.42. The molecule has 1 N–H and O–H groups in total. The molecule has 8 heteroatoms. The molecule has 0 aliphatic carbocycles. The topological polar surface area (TPSA) is 67.9 Å². The third-order valence-electron chi connectivity index (χ3n) is 4.36. The minimum Gasteiger partial charge on any atom is -0.493 e. The van der Waals surface area contributed by atoms with Crippen molar-refractivity contribution in [3.05, 3.63) is 58.1 Å². The van der Waals surface area contributed by atoms with Crippen molar-refractivity contribution >= 4 is 35.0 Å². The molecule has 2 aromatic carbocycles. The quantitative estimate of drug-likeness (QED) is 0.614. The maximum absolute atomic E-state index is 13.0. The number of para-hydroxylation sites is 2. The largest absolute Gasteiger partial charge is 0.493 e. The summed E-state index contributed by atoms with van der Waals surface area (Å²) in [6.07, 6.45) is 0. The van der Waals surface area contributed by atoms with Crippen molar-refractivity contribution < 1.29 is 19.1 Å². The first-order valence-corrected chi connectivity index (χ1v) is 10.3. The average Bonchev–Trinajstić information content (AvgIpc) is 2.71. The number of hydrogen-bond acceptors (Lipinski definition) is 4. The van der Waals surface area contributed by atoms with Gasteiger partial charge in [-0.05, 0) is 50.6 Å². The van der Waals surface area contributed by atoms with Crippen LogP contribution in [0.15, 0.2) is 42.5 Å². The van der Waals surface area contributed by atoms with E-state index in [4.69, 9.17) is 32.7 Å². The third kappa shape index (κ3) is 6.54. The molecular weight excluding hydrogens is 427 g/mol. The van der Waals surface area contributed by atoms with Crippen molar-refractivity contribution in [2.24, 2.45) is 0 Å². The van der Waals surface area contributed by atoms with Crippen LogP contribution in [-0.4, -0.2) is 42.5 Å². The van der Waals surface area contributed by atoms with E-state index in [0.717, 1.165) is 5.56 Å². The lowest BCUT2D eigenvalue weighted by Gasteiger charge is -2.29. The molecule has 6 nitrogen and oxygen atoms in total. The number of carbonyl (C=O) groups is 2. The Morgan fingerprint density at radius 2 is 1.70 bits per heavy atom. The van der Waals surface area contributed by atoms with Gasteiger partial charge in [-0.15, -0.1) is 0 Å². The van der Waals surface area contributed by atoms with Crippen LogP contribution in [0.3, 0.4) is 0 Å². The number of nitrogens with zero attached hydrogens (tertiary/aromatic N) is 1. The number of amides is 2. The van der Waals surface area contributed by atoms with Crippen molar-refractivity contribution in [1.82, 2.24) is 10.2 Å². The fourth-order valence-corrected chi connectivity index (χ4v) is 3.10. The number of benzene rings is 2. The number of methoxy groups -OCH3 is 1. The van der Waals surface area contributed by atoms with E-state index in [2.05, 4.69) is 5.32 Å². The lowest BCUT2D eigenvalue weighted by molar-refractivity contribution is -0.142. The van der Waals surface area contributed by atoms with E-state index in [1.807, 2.05) is 19.9 Å². The molecule has 2 aromatic rings. The highest BCUT2D eigenvalue weighted by Gasteiger charge is 2.27. The predicted octanol–water partition coefficient (Wildman–Crippen LogP) is 4.32. The fourth-order valence-electron chi connectivity index (χ4n) is 2.78. The van der Waals surface area contributed by atoms with Crippen molar-refractivity contribution in [3.63, 3.8) is 0 Å². The Balaban J connectivity index is 2.21. The molecule has 1 atom stereocenters. The van der Waals surface area contributed by atoms with E-state index >= 15 is 0 Å². The Morgan fingerprint density at radius 3 is 2.30 bits per heavy atom. The number of halogens is 2. The second-order valence-corrected chi connectivity index (χ2v) is 7.86. The maximum atomic E-state index is 13.0. The Bertz CT molecular complexity index is 889. The average molecular weight is 453 g/mol. The molecule has 1 unspecified atom stereocenters. The Labute approximate surface area is 187 Å². The first-order chi connectivity index (χ1) is 14.2. The molecule has 2 amide bonds. The van der Waals surface area contributed by atoms with Gasteiger partial charge >= 0.3 is 0 Å². The summed E-state index contributed by atoms with van der Waals surface area (Å²) < 4.78 is 10.9. The normalized spacial score (nSPS) is 11.7. The van der Waals surface area contributed by atoms with E-state index in [-0.39, 0.29) is 31.0 Å². The number of hydrogen-bond donors (Lipinski definition) is 1. The minimum atomic E-state index is -0.712. The minimum absolute atomic E-state index is 0.0493. The Hall–Kier alpha value is -2.44.